The number of rotatable bonds is 3. The standard InChI is InChI=1S/C12H11N5O2/c18-8-1-2-9(19)7(3-8)4-13-11-10-12(15-5-14-10)17-6-16-11/h1-3,5-6,18-19H,4H2,(H2,13,14,15,16,17). The van der Waals surface area contributed by atoms with Crippen molar-refractivity contribution in [2.75, 3.05) is 5.32 Å². The molecule has 4 N–H and O–H groups in total. The zero-order valence-electron chi connectivity index (χ0n) is 9.83. The van der Waals surface area contributed by atoms with E-state index in [0.717, 1.165) is 0 Å². The summed E-state index contributed by atoms with van der Waals surface area (Å²) >= 11 is 0. The third-order valence-corrected chi connectivity index (χ3v) is 2.73. The number of aromatic hydroxyl groups is 2. The average Bonchev–Trinajstić information content (AvgIpc) is 2.88. The van der Waals surface area contributed by atoms with Crippen LogP contribution in [-0.2, 0) is 6.54 Å². The van der Waals surface area contributed by atoms with E-state index < -0.39 is 0 Å². The number of aromatic nitrogens is 4. The lowest BCUT2D eigenvalue weighted by Gasteiger charge is -2.08. The molecule has 2 heterocycles. The molecule has 0 unspecified atom stereocenters. The van der Waals surface area contributed by atoms with E-state index in [1.807, 2.05) is 0 Å². The summed E-state index contributed by atoms with van der Waals surface area (Å²) in [7, 11) is 0. The van der Waals surface area contributed by atoms with Crippen LogP contribution in [0.4, 0.5) is 5.82 Å². The first-order valence-corrected chi connectivity index (χ1v) is 5.63. The zero-order valence-corrected chi connectivity index (χ0v) is 9.83. The lowest BCUT2D eigenvalue weighted by Crippen LogP contribution is -2.02. The molecule has 7 nitrogen and oxygen atoms in total. The number of aromatic amines is 1. The van der Waals surface area contributed by atoms with Crippen molar-refractivity contribution in [3.05, 3.63) is 36.4 Å². The van der Waals surface area contributed by atoms with Gasteiger partial charge in [0.25, 0.3) is 0 Å². The van der Waals surface area contributed by atoms with Crippen LogP contribution in [0.3, 0.4) is 0 Å². The number of nitrogens with zero attached hydrogens (tertiary/aromatic N) is 3. The van der Waals surface area contributed by atoms with Crippen molar-refractivity contribution in [3.8, 4) is 11.5 Å². The molecule has 19 heavy (non-hydrogen) atoms. The summed E-state index contributed by atoms with van der Waals surface area (Å²) in [5.74, 6) is 0.772. The van der Waals surface area contributed by atoms with Crippen LogP contribution in [0.25, 0.3) is 11.2 Å². The minimum Gasteiger partial charge on any atom is -0.508 e. The summed E-state index contributed by atoms with van der Waals surface area (Å²) in [5.41, 5.74) is 1.84. The molecule has 0 amide bonds. The molecular formula is C12H11N5O2. The van der Waals surface area contributed by atoms with Gasteiger partial charge < -0.3 is 20.5 Å². The Balaban J connectivity index is 1.86. The number of H-pyrrole nitrogens is 1. The van der Waals surface area contributed by atoms with Gasteiger partial charge in [-0.3, -0.25) is 0 Å². The SMILES string of the molecule is Oc1ccc(O)c(CNc2ncnc3[nH]cnc23)c1. The third kappa shape index (κ3) is 2.13. The predicted octanol–water partition coefficient (Wildman–Crippen LogP) is 1.38. The fourth-order valence-electron chi connectivity index (χ4n) is 1.79. The summed E-state index contributed by atoms with van der Waals surface area (Å²) in [6.45, 7) is 0.319. The van der Waals surface area contributed by atoms with E-state index in [2.05, 4.69) is 25.3 Å². The topological polar surface area (TPSA) is 107 Å². The Bertz CT molecular complexity index is 725. The number of imidazole rings is 1. The van der Waals surface area contributed by atoms with E-state index in [1.165, 1.54) is 30.9 Å². The fraction of sp³-hybridized carbons (Fsp3) is 0.0833. The fourth-order valence-corrected chi connectivity index (χ4v) is 1.79. The summed E-state index contributed by atoms with van der Waals surface area (Å²) < 4.78 is 0. The molecule has 0 atom stereocenters. The number of nitrogens with one attached hydrogen (secondary N) is 2. The van der Waals surface area contributed by atoms with Crippen molar-refractivity contribution < 1.29 is 10.2 Å². The molecule has 0 fully saturated rings. The minimum atomic E-state index is 0.0993. The molecule has 0 saturated heterocycles. The maximum Gasteiger partial charge on any atom is 0.162 e. The van der Waals surface area contributed by atoms with Crippen LogP contribution in [0.15, 0.2) is 30.9 Å². The minimum absolute atomic E-state index is 0.0993. The van der Waals surface area contributed by atoms with E-state index in [1.54, 1.807) is 0 Å². The molecule has 3 aromatic rings. The van der Waals surface area contributed by atoms with Crippen molar-refractivity contribution in [1.82, 2.24) is 19.9 Å². The van der Waals surface area contributed by atoms with Gasteiger partial charge in [-0.15, -0.1) is 0 Å². The van der Waals surface area contributed by atoms with Gasteiger partial charge in [0.15, 0.2) is 11.5 Å². The Morgan fingerprint density at radius 2 is 2.05 bits per heavy atom. The highest BCUT2D eigenvalue weighted by Crippen LogP contribution is 2.23. The number of hydrogen-bond acceptors (Lipinski definition) is 6. The first-order chi connectivity index (χ1) is 9.24. The molecule has 2 aromatic heterocycles. The predicted molar refractivity (Wildman–Crippen MR) is 68.8 cm³/mol. The van der Waals surface area contributed by atoms with Crippen LogP contribution in [-0.4, -0.2) is 30.1 Å². The lowest BCUT2D eigenvalue weighted by atomic mass is 10.2. The molecule has 0 spiro atoms. The van der Waals surface area contributed by atoms with Gasteiger partial charge in [0, 0.05) is 12.1 Å². The number of benzene rings is 1. The number of phenols is 2. The normalized spacial score (nSPS) is 10.7. The molecule has 0 radical (unpaired) electrons. The molecule has 96 valence electrons. The van der Waals surface area contributed by atoms with Crippen LogP contribution < -0.4 is 5.32 Å². The van der Waals surface area contributed by atoms with Crippen LogP contribution >= 0.6 is 0 Å². The average molecular weight is 257 g/mol. The molecule has 0 saturated carbocycles. The smallest absolute Gasteiger partial charge is 0.162 e. The van der Waals surface area contributed by atoms with Crippen molar-refractivity contribution >= 4 is 17.0 Å². The van der Waals surface area contributed by atoms with Gasteiger partial charge in [-0.1, -0.05) is 0 Å². The lowest BCUT2D eigenvalue weighted by molar-refractivity contribution is 0.455. The Morgan fingerprint density at radius 3 is 2.95 bits per heavy atom. The number of fused-ring (bicyclic) bond motifs is 1. The second-order valence-electron chi connectivity index (χ2n) is 3.99. The molecule has 0 aliphatic heterocycles. The molecule has 3 rings (SSSR count). The number of hydrogen-bond donors (Lipinski definition) is 4. The summed E-state index contributed by atoms with van der Waals surface area (Å²) in [5, 5.41) is 22.1. The Hall–Kier alpha value is -2.83. The second-order valence-corrected chi connectivity index (χ2v) is 3.99. The Morgan fingerprint density at radius 1 is 1.16 bits per heavy atom. The van der Waals surface area contributed by atoms with Crippen molar-refractivity contribution in [2.45, 2.75) is 6.54 Å². The van der Waals surface area contributed by atoms with E-state index in [-0.39, 0.29) is 11.5 Å². The van der Waals surface area contributed by atoms with Crippen LogP contribution in [0, 0.1) is 0 Å². The van der Waals surface area contributed by atoms with Gasteiger partial charge in [0.05, 0.1) is 6.33 Å². The highest BCUT2D eigenvalue weighted by Gasteiger charge is 2.07. The first-order valence-electron chi connectivity index (χ1n) is 5.63. The molecule has 0 bridgehead atoms. The van der Waals surface area contributed by atoms with Gasteiger partial charge in [-0.25, -0.2) is 15.0 Å². The van der Waals surface area contributed by atoms with Crippen LogP contribution in [0.2, 0.25) is 0 Å². The Kier molecular flexibility index (Phi) is 2.64. The largest absolute Gasteiger partial charge is 0.508 e. The summed E-state index contributed by atoms with van der Waals surface area (Å²) in [6.07, 6.45) is 2.96. The maximum absolute atomic E-state index is 9.68. The van der Waals surface area contributed by atoms with Gasteiger partial charge >= 0.3 is 0 Å². The van der Waals surface area contributed by atoms with Crippen molar-refractivity contribution in [3.63, 3.8) is 0 Å². The summed E-state index contributed by atoms with van der Waals surface area (Å²) in [4.78, 5) is 15.1. The highest BCUT2D eigenvalue weighted by atomic mass is 16.3. The molecule has 1 aromatic carbocycles. The number of anilines is 1. The van der Waals surface area contributed by atoms with Gasteiger partial charge in [0.2, 0.25) is 0 Å². The van der Waals surface area contributed by atoms with Crippen LogP contribution in [0.1, 0.15) is 5.56 Å². The maximum atomic E-state index is 9.68. The van der Waals surface area contributed by atoms with Gasteiger partial charge in [-0.05, 0) is 18.2 Å². The molecule has 0 aliphatic rings. The quantitative estimate of drug-likeness (QED) is 0.528. The van der Waals surface area contributed by atoms with Gasteiger partial charge in [0.1, 0.15) is 23.3 Å². The van der Waals surface area contributed by atoms with Crippen molar-refractivity contribution in [1.29, 1.82) is 0 Å². The second kappa shape index (κ2) is 4.45. The van der Waals surface area contributed by atoms with E-state index in [4.69, 9.17) is 0 Å². The molecule has 7 heteroatoms. The zero-order chi connectivity index (χ0) is 13.2. The first kappa shape index (κ1) is 11.3. The summed E-state index contributed by atoms with van der Waals surface area (Å²) in [6, 6.07) is 4.36. The van der Waals surface area contributed by atoms with E-state index in [9.17, 15) is 10.2 Å². The van der Waals surface area contributed by atoms with E-state index in [0.29, 0.717) is 29.1 Å². The monoisotopic (exact) mass is 257 g/mol. The van der Waals surface area contributed by atoms with Crippen LogP contribution in [0.5, 0.6) is 11.5 Å². The molecular weight excluding hydrogens is 246 g/mol. The molecule has 0 aliphatic carbocycles. The Labute approximate surface area is 108 Å². The number of phenolic OH excluding ortho intramolecular Hbond substituents is 2. The van der Waals surface area contributed by atoms with Crippen molar-refractivity contribution in [2.24, 2.45) is 0 Å². The highest BCUT2D eigenvalue weighted by molar-refractivity contribution is 5.81. The van der Waals surface area contributed by atoms with Gasteiger partial charge in [-0.2, -0.15) is 0 Å². The van der Waals surface area contributed by atoms with E-state index >= 15 is 0 Å². The third-order valence-electron chi connectivity index (χ3n) is 2.73.